The smallest absolute Gasteiger partial charge is 0.423 e. The van der Waals surface area contributed by atoms with Crippen LogP contribution in [0.25, 0.3) is 16.6 Å². The average Bonchev–Trinajstić information content (AvgIpc) is 3.23. The molecule has 27 heavy (non-hydrogen) atoms. The fourth-order valence-electron chi connectivity index (χ4n) is 3.45. The number of rotatable bonds is 3. The van der Waals surface area contributed by atoms with Crippen LogP contribution >= 0.6 is 23.4 Å². The number of hydrogen-bond acceptors (Lipinski definition) is 3. The lowest BCUT2D eigenvalue weighted by atomic mass is 9.79. The fourth-order valence-corrected chi connectivity index (χ4v) is 4.73. The van der Waals surface area contributed by atoms with E-state index in [1.54, 1.807) is 11.8 Å². The van der Waals surface area contributed by atoms with E-state index in [1.165, 1.54) is 5.39 Å². The van der Waals surface area contributed by atoms with Gasteiger partial charge in [0.2, 0.25) is 0 Å². The van der Waals surface area contributed by atoms with Gasteiger partial charge in [-0.05, 0) is 47.4 Å². The lowest BCUT2D eigenvalue weighted by molar-refractivity contribution is 0.275. The molecule has 0 atom stereocenters. The van der Waals surface area contributed by atoms with Gasteiger partial charge < -0.3 is 14.2 Å². The maximum Gasteiger partial charge on any atom is 0.491 e. The van der Waals surface area contributed by atoms with Crippen molar-refractivity contribution in [1.82, 2.24) is 4.57 Å². The van der Waals surface area contributed by atoms with Crippen molar-refractivity contribution >= 4 is 46.8 Å². The van der Waals surface area contributed by atoms with Crippen LogP contribution in [0.3, 0.4) is 0 Å². The minimum atomic E-state index is -0.845. The molecule has 0 amide bonds. The maximum atomic E-state index is 10.0. The van der Waals surface area contributed by atoms with Gasteiger partial charge in [-0.3, -0.25) is 0 Å². The van der Waals surface area contributed by atoms with Crippen molar-refractivity contribution in [3.05, 3.63) is 83.5 Å². The Bertz CT molecular complexity index is 1160. The van der Waals surface area contributed by atoms with E-state index in [4.69, 9.17) is 16.3 Å². The van der Waals surface area contributed by atoms with Gasteiger partial charge in [0.15, 0.2) is 0 Å². The molecular formula is C21H15BClNO2S. The van der Waals surface area contributed by atoms with Crippen molar-refractivity contribution in [2.45, 2.75) is 16.4 Å². The molecule has 0 unspecified atom stereocenters. The summed E-state index contributed by atoms with van der Waals surface area (Å²) in [6, 6.07) is 22.3. The van der Waals surface area contributed by atoms with Crippen LogP contribution < -0.4 is 5.46 Å². The van der Waals surface area contributed by atoms with Gasteiger partial charge in [0, 0.05) is 32.1 Å². The number of nitrogens with zero attached hydrogens (tertiary/aromatic N) is 1. The number of para-hydroxylation sites is 1. The first-order valence-corrected chi connectivity index (χ1v) is 9.85. The molecular weight excluding hydrogens is 377 g/mol. The maximum absolute atomic E-state index is 10.0. The van der Waals surface area contributed by atoms with Gasteiger partial charge >= 0.3 is 7.12 Å². The number of benzene rings is 3. The summed E-state index contributed by atoms with van der Waals surface area (Å²) in [4.78, 5) is 2.26. The molecule has 0 fully saturated rings. The zero-order valence-electron chi connectivity index (χ0n) is 14.3. The molecule has 0 saturated heterocycles. The van der Waals surface area contributed by atoms with Crippen LogP contribution in [0.5, 0.6) is 0 Å². The number of aromatic nitrogens is 1. The summed E-state index contributed by atoms with van der Waals surface area (Å²) in [6.45, 7) is 0.457. The Kier molecular flexibility index (Phi) is 4.25. The molecule has 3 aromatic carbocycles. The van der Waals surface area contributed by atoms with Crippen LogP contribution in [-0.4, -0.2) is 16.7 Å². The summed E-state index contributed by atoms with van der Waals surface area (Å²) in [6.07, 6.45) is 2.14. The molecule has 1 aliphatic rings. The van der Waals surface area contributed by atoms with Crippen LogP contribution in [0.4, 0.5) is 0 Å². The van der Waals surface area contributed by atoms with Crippen molar-refractivity contribution in [2.75, 3.05) is 0 Å². The van der Waals surface area contributed by atoms with E-state index < -0.39 is 7.12 Å². The van der Waals surface area contributed by atoms with E-state index in [2.05, 4.69) is 41.1 Å². The Labute approximate surface area is 166 Å². The summed E-state index contributed by atoms with van der Waals surface area (Å²) in [5.41, 5.74) is 4.01. The zero-order valence-corrected chi connectivity index (χ0v) is 15.9. The molecule has 0 spiro atoms. The lowest BCUT2D eigenvalue weighted by Gasteiger charge is -2.07. The van der Waals surface area contributed by atoms with Crippen LogP contribution in [0, 0.1) is 0 Å². The Morgan fingerprint density at radius 1 is 1.04 bits per heavy atom. The van der Waals surface area contributed by atoms with Gasteiger partial charge in [0.25, 0.3) is 0 Å². The third-order valence-electron chi connectivity index (χ3n) is 4.77. The van der Waals surface area contributed by atoms with Gasteiger partial charge in [-0.2, -0.15) is 0 Å². The second-order valence-electron chi connectivity index (χ2n) is 6.49. The number of fused-ring (bicyclic) bond motifs is 2. The average molecular weight is 392 g/mol. The first-order valence-electron chi connectivity index (χ1n) is 8.65. The third kappa shape index (κ3) is 3.07. The normalized spacial score (nSPS) is 13.3. The second kappa shape index (κ2) is 6.77. The summed E-state index contributed by atoms with van der Waals surface area (Å²) in [5, 5.41) is 12.0. The molecule has 4 aromatic rings. The van der Waals surface area contributed by atoms with Crippen LogP contribution in [-0.2, 0) is 11.3 Å². The number of hydrogen-bond donors (Lipinski definition) is 1. The highest BCUT2D eigenvalue weighted by Crippen LogP contribution is 2.37. The van der Waals surface area contributed by atoms with Crippen molar-refractivity contribution in [1.29, 1.82) is 0 Å². The van der Waals surface area contributed by atoms with Gasteiger partial charge in [0.1, 0.15) is 0 Å². The summed E-state index contributed by atoms with van der Waals surface area (Å²) < 4.78 is 7.49. The summed E-state index contributed by atoms with van der Waals surface area (Å²) in [7, 11) is -0.845. The standard InChI is InChI=1S/C21H15BClNO2S/c23-15-4-3-5-17(10-15)27-21-12-24(20-7-2-1-6-18(20)21)16-9-8-14-13-26-22(25)19(14)11-16/h1-12,25H,13H2. The van der Waals surface area contributed by atoms with Crippen LogP contribution in [0.15, 0.2) is 82.7 Å². The van der Waals surface area contributed by atoms with Gasteiger partial charge in [0.05, 0.1) is 12.1 Å². The third-order valence-corrected chi connectivity index (χ3v) is 6.04. The first-order chi connectivity index (χ1) is 13.2. The molecule has 1 aliphatic heterocycles. The number of halogens is 1. The van der Waals surface area contributed by atoms with Crippen molar-refractivity contribution in [3.63, 3.8) is 0 Å². The molecule has 132 valence electrons. The monoisotopic (exact) mass is 391 g/mol. The Morgan fingerprint density at radius 3 is 2.81 bits per heavy atom. The van der Waals surface area contributed by atoms with Crippen LogP contribution in [0.2, 0.25) is 5.02 Å². The quantitative estimate of drug-likeness (QED) is 0.516. The molecule has 1 N–H and O–H groups in total. The highest BCUT2D eigenvalue weighted by molar-refractivity contribution is 7.99. The van der Waals surface area contributed by atoms with Crippen LogP contribution in [0.1, 0.15) is 5.56 Å². The zero-order chi connectivity index (χ0) is 18.4. The van der Waals surface area contributed by atoms with E-state index >= 15 is 0 Å². The van der Waals surface area contributed by atoms with E-state index in [1.807, 2.05) is 36.4 Å². The molecule has 5 rings (SSSR count). The Morgan fingerprint density at radius 2 is 1.93 bits per heavy atom. The van der Waals surface area contributed by atoms with E-state index in [0.717, 1.165) is 37.0 Å². The molecule has 0 aliphatic carbocycles. The van der Waals surface area contributed by atoms with Crippen molar-refractivity contribution in [2.24, 2.45) is 0 Å². The second-order valence-corrected chi connectivity index (χ2v) is 8.04. The summed E-state index contributed by atoms with van der Waals surface area (Å²) >= 11 is 7.84. The van der Waals surface area contributed by atoms with Crippen molar-refractivity contribution in [3.8, 4) is 5.69 Å². The first kappa shape index (κ1) is 17.0. The molecule has 1 aromatic heterocycles. The molecule has 2 heterocycles. The fraction of sp³-hybridized carbons (Fsp3) is 0.0476. The van der Waals surface area contributed by atoms with Gasteiger partial charge in [-0.25, -0.2) is 0 Å². The van der Waals surface area contributed by atoms with E-state index in [0.29, 0.717) is 6.61 Å². The van der Waals surface area contributed by atoms with E-state index in [-0.39, 0.29) is 0 Å². The Hall–Kier alpha value is -2.18. The topological polar surface area (TPSA) is 34.4 Å². The van der Waals surface area contributed by atoms with E-state index in [9.17, 15) is 5.02 Å². The molecule has 6 heteroatoms. The van der Waals surface area contributed by atoms with Crippen molar-refractivity contribution < 1.29 is 9.68 Å². The predicted octanol–water partition coefficient (Wildman–Crippen LogP) is 4.65. The highest BCUT2D eigenvalue weighted by Gasteiger charge is 2.27. The van der Waals surface area contributed by atoms with Gasteiger partial charge in [-0.15, -0.1) is 0 Å². The Balaban J connectivity index is 1.63. The minimum absolute atomic E-state index is 0.457. The van der Waals surface area contributed by atoms with Gasteiger partial charge in [-0.1, -0.05) is 53.7 Å². The molecule has 3 nitrogen and oxygen atoms in total. The largest absolute Gasteiger partial charge is 0.491 e. The SMILES string of the molecule is OB1OCc2ccc(-n3cc(Sc4cccc(Cl)c4)c4ccccc43)cc21. The molecule has 0 radical (unpaired) electrons. The predicted molar refractivity (Wildman–Crippen MR) is 111 cm³/mol. The molecule has 0 saturated carbocycles. The minimum Gasteiger partial charge on any atom is -0.423 e. The summed E-state index contributed by atoms with van der Waals surface area (Å²) in [5.74, 6) is 0. The highest BCUT2D eigenvalue weighted by atomic mass is 35.5. The lowest BCUT2D eigenvalue weighted by Crippen LogP contribution is -2.28. The molecule has 0 bridgehead atoms.